The zero-order valence-electron chi connectivity index (χ0n) is 15.1. The topological polar surface area (TPSA) is 57.0 Å². The third-order valence-corrected chi connectivity index (χ3v) is 4.95. The molecule has 0 aliphatic rings. The fourth-order valence-corrected chi connectivity index (χ4v) is 3.51. The Bertz CT molecular complexity index is 897. The molecule has 0 aliphatic heterocycles. The van der Waals surface area contributed by atoms with Gasteiger partial charge in [0.1, 0.15) is 11.6 Å². The maximum atomic E-state index is 13.0. The van der Waals surface area contributed by atoms with Crippen LogP contribution in [0, 0.1) is 5.82 Å². The number of Topliss-reactive ketones (excluding diaryl/α,β-unsaturated/α-hetero) is 1. The zero-order valence-corrected chi connectivity index (χ0v) is 15.9. The number of ketones is 1. The Balaban J connectivity index is 1.68. The summed E-state index contributed by atoms with van der Waals surface area (Å²) in [4.78, 5) is 12.3. The summed E-state index contributed by atoms with van der Waals surface area (Å²) < 4.78 is 20.9. The number of rotatable bonds is 8. The van der Waals surface area contributed by atoms with Crippen molar-refractivity contribution in [3.05, 3.63) is 71.8 Å². The third-order valence-electron chi connectivity index (χ3n) is 3.98. The van der Waals surface area contributed by atoms with E-state index in [0.717, 1.165) is 5.75 Å². The highest BCUT2D eigenvalue weighted by atomic mass is 32.2. The van der Waals surface area contributed by atoms with Crippen LogP contribution in [0.3, 0.4) is 0 Å². The molecule has 0 saturated carbocycles. The van der Waals surface area contributed by atoms with Gasteiger partial charge in [-0.3, -0.25) is 4.79 Å². The van der Waals surface area contributed by atoms with Gasteiger partial charge < -0.3 is 9.30 Å². The predicted octanol–water partition coefficient (Wildman–Crippen LogP) is 4.55. The van der Waals surface area contributed by atoms with Crippen molar-refractivity contribution in [2.75, 3.05) is 5.75 Å². The zero-order chi connectivity index (χ0) is 19.2. The summed E-state index contributed by atoms with van der Waals surface area (Å²) in [5.74, 6) is 1.23. The molecule has 3 aromatic rings. The first-order chi connectivity index (χ1) is 13.1. The van der Waals surface area contributed by atoms with Crippen LogP contribution in [-0.2, 0) is 6.54 Å². The van der Waals surface area contributed by atoms with Crippen LogP contribution in [0.2, 0.25) is 0 Å². The maximum absolute atomic E-state index is 13.0. The lowest BCUT2D eigenvalue weighted by Gasteiger charge is -2.15. The van der Waals surface area contributed by atoms with E-state index in [1.54, 1.807) is 0 Å². The SMILES string of the molecule is CCn1c(SCC(=O)c2ccc(F)cc2)nnc1[C@H](C)Oc1ccccc1. The molecule has 0 fully saturated rings. The molecule has 3 rings (SSSR count). The van der Waals surface area contributed by atoms with Gasteiger partial charge in [-0.25, -0.2) is 4.39 Å². The molecule has 0 unspecified atom stereocenters. The van der Waals surface area contributed by atoms with Gasteiger partial charge in [-0.05, 0) is 50.2 Å². The molecule has 7 heteroatoms. The second-order valence-corrected chi connectivity index (χ2v) is 6.82. The average molecular weight is 385 g/mol. The minimum atomic E-state index is -0.359. The van der Waals surface area contributed by atoms with Crippen molar-refractivity contribution in [2.45, 2.75) is 31.7 Å². The van der Waals surface area contributed by atoms with E-state index < -0.39 is 0 Å². The number of para-hydroxylation sites is 1. The van der Waals surface area contributed by atoms with Gasteiger partial charge in [-0.15, -0.1) is 10.2 Å². The first-order valence-corrected chi connectivity index (χ1v) is 9.63. The van der Waals surface area contributed by atoms with Gasteiger partial charge in [-0.2, -0.15) is 0 Å². The molecule has 0 N–H and O–H groups in total. The Morgan fingerprint density at radius 3 is 2.52 bits per heavy atom. The quantitative estimate of drug-likeness (QED) is 0.420. The lowest BCUT2D eigenvalue weighted by molar-refractivity contribution is 0.102. The molecule has 27 heavy (non-hydrogen) atoms. The van der Waals surface area contributed by atoms with Crippen LogP contribution in [0.15, 0.2) is 59.8 Å². The summed E-state index contributed by atoms with van der Waals surface area (Å²) in [6.45, 7) is 4.58. The van der Waals surface area contributed by atoms with Crippen LogP contribution >= 0.6 is 11.8 Å². The minimum absolute atomic E-state index is 0.0826. The summed E-state index contributed by atoms with van der Waals surface area (Å²) in [6, 6.07) is 15.1. The van der Waals surface area contributed by atoms with E-state index in [1.807, 2.05) is 48.7 Å². The number of hydrogen-bond acceptors (Lipinski definition) is 5. The number of nitrogens with zero attached hydrogens (tertiary/aromatic N) is 3. The first kappa shape index (κ1) is 19.1. The number of benzene rings is 2. The Hall–Kier alpha value is -2.67. The molecule has 140 valence electrons. The molecular formula is C20H20FN3O2S. The van der Waals surface area contributed by atoms with Crippen molar-refractivity contribution in [1.29, 1.82) is 0 Å². The van der Waals surface area contributed by atoms with Gasteiger partial charge in [-0.1, -0.05) is 30.0 Å². The smallest absolute Gasteiger partial charge is 0.191 e. The monoisotopic (exact) mass is 385 g/mol. The molecule has 0 amide bonds. The largest absolute Gasteiger partial charge is 0.483 e. The molecular weight excluding hydrogens is 365 g/mol. The second-order valence-electron chi connectivity index (χ2n) is 5.88. The van der Waals surface area contributed by atoms with E-state index in [1.165, 1.54) is 36.0 Å². The van der Waals surface area contributed by atoms with E-state index in [0.29, 0.717) is 23.1 Å². The Kier molecular flexibility index (Phi) is 6.24. The first-order valence-electron chi connectivity index (χ1n) is 8.65. The molecule has 0 saturated heterocycles. The Morgan fingerprint density at radius 1 is 1.15 bits per heavy atom. The van der Waals surface area contributed by atoms with Crippen molar-refractivity contribution >= 4 is 17.5 Å². The van der Waals surface area contributed by atoms with E-state index in [2.05, 4.69) is 10.2 Å². The lowest BCUT2D eigenvalue weighted by atomic mass is 10.1. The van der Waals surface area contributed by atoms with Gasteiger partial charge in [0.15, 0.2) is 22.9 Å². The van der Waals surface area contributed by atoms with E-state index in [-0.39, 0.29) is 23.5 Å². The van der Waals surface area contributed by atoms with Gasteiger partial charge >= 0.3 is 0 Å². The van der Waals surface area contributed by atoms with Crippen molar-refractivity contribution in [2.24, 2.45) is 0 Å². The average Bonchev–Trinajstić information content (AvgIpc) is 3.10. The Morgan fingerprint density at radius 2 is 1.85 bits per heavy atom. The number of carbonyl (C=O) groups is 1. The van der Waals surface area contributed by atoms with Crippen LogP contribution in [0.25, 0.3) is 0 Å². The van der Waals surface area contributed by atoms with Crippen LogP contribution < -0.4 is 4.74 Å². The summed E-state index contributed by atoms with van der Waals surface area (Å²) in [7, 11) is 0. The molecule has 1 heterocycles. The number of halogens is 1. The molecule has 5 nitrogen and oxygen atoms in total. The number of ether oxygens (including phenoxy) is 1. The van der Waals surface area contributed by atoms with Crippen LogP contribution in [-0.4, -0.2) is 26.3 Å². The molecule has 2 aromatic carbocycles. The lowest BCUT2D eigenvalue weighted by Crippen LogP contribution is -2.12. The summed E-state index contributed by atoms with van der Waals surface area (Å²) in [6.07, 6.45) is -0.276. The van der Waals surface area contributed by atoms with Gasteiger partial charge in [0, 0.05) is 12.1 Å². The van der Waals surface area contributed by atoms with Crippen molar-refractivity contribution < 1.29 is 13.9 Å². The van der Waals surface area contributed by atoms with Crippen LogP contribution in [0.4, 0.5) is 4.39 Å². The standard InChI is InChI=1S/C20H20FN3O2S/c1-3-24-19(14(2)26-17-7-5-4-6-8-17)22-23-20(24)27-13-18(25)15-9-11-16(21)12-10-15/h4-12,14H,3,13H2,1-2H3/t14-/m0/s1. The minimum Gasteiger partial charge on any atom is -0.483 e. The maximum Gasteiger partial charge on any atom is 0.191 e. The molecule has 0 aliphatic carbocycles. The van der Waals surface area contributed by atoms with Crippen molar-refractivity contribution in [3.8, 4) is 5.75 Å². The number of thioether (sulfide) groups is 1. The number of carbonyl (C=O) groups excluding carboxylic acids is 1. The van der Waals surface area contributed by atoms with Crippen molar-refractivity contribution in [1.82, 2.24) is 14.8 Å². The highest BCUT2D eigenvalue weighted by Gasteiger charge is 2.19. The summed E-state index contributed by atoms with van der Waals surface area (Å²) in [5.41, 5.74) is 0.479. The fraction of sp³-hybridized carbons (Fsp3) is 0.250. The van der Waals surface area contributed by atoms with Gasteiger partial charge in [0.05, 0.1) is 5.75 Å². The van der Waals surface area contributed by atoms with Gasteiger partial charge in [0.25, 0.3) is 0 Å². The normalized spacial score (nSPS) is 12.0. The van der Waals surface area contributed by atoms with E-state index in [9.17, 15) is 9.18 Å². The van der Waals surface area contributed by atoms with E-state index in [4.69, 9.17) is 4.74 Å². The second kappa shape index (κ2) is 8.81. The fourth-order valence-electron chi connectivity index (χ4n) is 2.61. The molecule has 0 bridgehead atoms. The van der Waals surface area contributed by atoms with Gasteiger partial charge in [0.2, 0.25) is 0 Å². The van der Waals surface area contributed by atoms with Crippen LogP contribution in [0.1, 0.15) is 36.1 Å². The highest BCUT2D eigenvalue weighted by molar-refractivity contribution is 7.99. The number of hydrogen-bond donors (Lipinski definition) is 0. The molecule has 0 radical (unpaired) electrons. The van der Waals surface area contributed by atoms with Crippen molar-refractivity contribution in [3.63, 3.8) is 0 Å². The molecule has 0 spiro atoms. The van der Waals surface area contributed by atoms with Crippen LogP contribution in [0.5, 0.6) is 5.75 Å². The molecule has 1 aromatic heterocycles. The Labute approximate surface area is 161 Å². The predicted molar refractivity (Wildman–Crippen MR) is 103 cm³/mol. The third kappa shape index (κ3) is 4.74. The highest BCUT2D eigenvalue weighted by Crippen LogP contribution is 2.25. The van der Waals surface area contributed by atoms with E-state index >= 15 is 0 Å². The summed E-state index contributed by atoms with van der Waals surface area (Å²) in [5, 5.41) is 9.12. The molecule has 1 atom stereocenters. The summed E-state index contributed by atoms with van der Waals surface area (Å²) >= 11 is 1.31. The number of aromatic nitrogens is 3.